The molecule has 0 saturated carbocycles. The van der Waals surface area contributed by atoms with Crippen LogP contribution in [0.5, 0.6) is 11.5 Å². The molecule has 0 fully saturated rings. The maximum absolute atomic E-state index is 12.2. The number of nitrogens with zero attached hydrogens (tertiary/aromatic N) is 1. The van der Waals surface area contributed by atoms with E-state index >= 15 is 0 Å². The van der Waals surface area contributed by atoms with Gasteiger partial charge in [-0.25, -0.2) is 5.43 Å². The first-order chi connectivity index (χ1) is 14.5. The number of benzene rings is 3. The van der Waals surface area contributed by atoms with E-state index in [1.165, 1.54) is 0 Å². The second kappa shape index (κ2) is 10.8. The summed E-state index contributed by atoms with van der Waals surface area (Å²) in [4.78, 5) is 12.2. The minimum atomic E-state index is -0.291. The largest absolute Gasteiger partial charge is 0.490 e. The van der Waals surface area contributed by atoms with Gasteiger partial charge >= 0.3 is 0 Å². The number of hydrogen-bond acceptors (Lipinski definition) is 4. The lowest BCUT2D eigenvalue weighted by Gasteiger charge is -2.12. The number of carbonyl (C=O) groups excluding carboxylic acids is 1. The molecule has 1 amide bonds. The van der Waals surface area contributed by atoms with Gasteiger partial charge in [-0.2, -0.15) is 5.10 Å². The summed E-state index contributed by atoms with van der Waals surface area (Å²) in [7, 11) is 0. The zero-order chi connectivity index (χ0) is 21.3. The summed E-state index contributed by atoms with van der Waals surface area (Å²) in [6.45, 7) is 2.80. The van der Waals surface area contributed by atoms with E-state index in [9.17, 15) is 4.79 Å². The molecule has 5 nitrogen and oxygen atoms in total. The van der Waals surface area contributed by atoms with Crippen molar-refractivity contribution in [1.82, 2.24) is 5.43 Å². The van der Waals surface area contributed by atoms with Gasteiger partial charge in [-0.3, -0.25) is 4.79 Å². The molecule has 0 aromatic heterocycles. The lowest BCUT2D eigenvalue weighted by molar-refractivity contribution is 0.0955. The van der Waals surface area contributed by atoms with Crippen LogP contribution in [0.1, 0.15) is 28.4 Å². The van der Waals surface area contributed by atoms with Crippen LogP contribution in [-0.2, 0) is 6.61 Å². The fourth-order valence-electron chi connectivity index (χ4n) is 2.59. The highest BCUT2D eigenvalue weighted by Gasteiger charge is 2.07. The number of hydrogen-bond donors (Lipinski definition) is 1. The van der Waals surface area contributed by atoms with Gasteiger partial charge in [0.2, 0.25) is 0 Å². The summed E-state index contributed by atoms with van der Waals surface area (Å²) in [6.07, 6.45) is 1.56. The number of nitrogens with one attached hydrogen (secondary N) is 1. The number of amides is 1. The number of halogens is 2. The van der Waals surface area contributed by atoms with E-state index in [2.05, 4.69) is 26.5 Å². The van der Waals surface area contributed by atoms with Gasteiger partial charge in [-0.1, -0.05) is 45.7 Å². The standard InChI is InChI=1S/C23H20BrClN2O3/c1-2-29-22-12-17(14-26-27-23(28)18-4-3-5-19(24)13-18)8-11-21(22)30-15-16-6-9-20(25)10-7-16/h3-14H,2,15H2,1H3,(H,27,28). The highest BCUT2D eigenvalue weighted by molar-refractivity contribution is 9.10. The molecule has 154 valence electrons. The summed E-state index contributed by atoms with van der Waals surface area (Å²) in [6, 6.07) is 20.0. The van der Waals surface area contributed by atoms with Crippen LogP contribution in [0.2, 0.25) is 5.02 Å². The van der Waals surface area contributed by atoms with Gasteiger partial charge < -0.3 is 9.47 Å². The first-order valence-electron chi connectivity index (χ1n) is 9.28. The second-order valence-electron chi connectivity index (χ2n) is 6.26. The summed E-state index contributed by atoms with van der Waals surface area (Å²) in [5.41, 5.74) is 4.81. The highest BCUT2D eigenvalue weighted by Crippen LogP contribution is 2.29. The molecule has 0 heterocycles. The molecular formula is C23H20BrClN2O3. The lowest BCUT2D eigenvalue weighted by Crippen LogP contribution is -2.17. The van der Waals surface area contributed by atoms with E-state index in [1.807, 2.05) is 55.5 Å². The molecule has 0 bridgehead atoms. The van der Waals surface area contributed by atoms with Crippen molar-refractivity contribution >= 4 is 39.7 Å². The number of carbonyl (C=O) groups is 1. The third-order valence-electron chi connectivity index (χ3n) is 4.04. The lowest BCUT2D eigenvalue weighted by atomic mass is 10.2. The Morgan fingerprint density at radius 2 is 1.87 bits per heavy atom. The van der Waals surface area contributed by atoms with E-state index in [4.69, 9.17) is 21.1 Å². The van der Waals surface area contributed by atoms with Crippen LogP contribution in [0.4, 0.5) is 0 Å². The molecule has 0 atom stereocenters. The van der Waals surface area contributed by atoms with Crippen molar-refractivity contribution in [3.63, 3.8) is 0 Å². The van der Waals surface area contributed by atoms with Gasteiger partial charge in [-0.05, 0) is 66.6 Å². The summed E-state index contributed by atoms with van der Waals surface area (Å²) in [5.74, 6) is 0.941. The molecule has 0 spiro atoms. The number of hydrazone groups is 1. The van der Waals surface area contributed by atoms with Crippen molar-refractivity contribution in [2.75, 3.05) is 6.61 Å². The Kier molecular flexibility index (Phi) is 7.88. The van der Waals surface area contributed by atoms with E-state index in [1.54, 1.807) is 24.4 Å². The highest BCUT2D eigenvalue weighted by atomic mass is 79.9. The molecule has 3 aromatic rings. The van der Waals surface area contributed by atoms with Crippen LogP contribution < -0.4 is 14.9 Å². The van der Waals surface area contributed by atoms with Gasteiger partial charge in [0.25, 0.3) is 5.91 Å². The Morgan fingerprint density at radius 1 is 1.07 bits per heavy atom. The van der Waals surface area contributed by atoms with Gasteiger partial charge in [0.15, 0.2) is 11.5 Å². The quantitative estimate of drug-likeness (QED) is 0.320. The summed E-state index contributed by atoms with van der Waals surface area (Å²) < 4.78 is 12.4. The van der Waals surface area contributed by atoms with E-state index in [0.717, 1.165) is 15.6 Å². The van der Waals surface area contributed by atoms with Crippen LogP contribution in [0.3, 0.4) is 0 Å². The topological polar surface area (TPSA) is 59.9 Å². The molecule has 0 aliphatic rings. The molecule has 3 aromatic carbocycles. The third-order valence-corrected chi connectivity index (χ3v) is 4.79. The summed E-state index contributed by atoms with van der Waals surface area (Å²) >= 11 is 9.26. The summed E-state index contributed by atoms with van der Waals surface area (Å²) in [5, 5.41) is 4.72. The minimum absolute atomic E-state index is 0.291. The Balaban J connectivity index is 1.65. The SMILES string of the molecule is CCOc1cc(C=NNC(=O)c2cccc(Br)c2)ccc1OCc1ccc(Cl)cc1. The molecule has 0 radical (unpaired) electrons. The Bertz CT molecular complexity index is 1040. The zero-order valence-corrected chi connectivity index (χ0v) is 18.6. The van der Waals surface area contributed by atoms with Gasteiger partial charge in [0, 0.05) is 15.1 Å². The molecular weight excluding hydrogens is 468 g/mol. The maximum Gasteiger partial charge on any atom is 0.271 e. The average molecular weight is 488 g/mol. The zero-order valence-electron chi connectivity index (χ0n) is 16.3. The van der Waals surface area contributed by atoms with Crippen molar-refractivity contribution in [3.8, 4) is 11.5 Å². The number of rotatable bonds is 8. The molecule has 7 heteroatoms. The van der Waals surface area contributed by atoms with Gasteiger partial charge in [-0.15, -0.1) is 0 Å². The molecule has 0 aliphatic carbocycles. The van der Waals surface area contributed by atoms with Crippen molar-refractivity contribution in [1.29, 1.82) is 0 Å². The van der Waals surface area contributed by atoms with Crippen LogP contribution in [-0.4, -0.2) is 18.7 Å². The second-order valence-corrected chi connectivity index (χ2v) is 7.62. The van der Waals surface area contributed by atoms with Gasteiger partial charge in [0.05, 0.1) is 12.8 Å². The predicted molar refractivity (Wildman–Crippen MR) is 123 cm³/mol. The van der Waals surface area contributed by atoms with Crippen LogP contribution in [0.25, 0.3) is 0 Å². The first kappa shape index (κ1) is 21.9. The van der Waals surface area contributed by atoms with Crippen LogP contribution in [0, 0.1) is 0 Å². The fourth-order valence-corrected chi connectivity index (χ4v) is 3.12. The molecule has 0 saturated heterocycles. The molecule has 0 unspecified atom stereocenters. The Labute approximate surface area is 188 Å². The number of ether oxygens (including phenoxy) is 2. The Hall–Kier alpha value is -2.83. The van der Waals surface area contributed by atoms with Crippen molar-refractivity contribution in [3.05, 3.63) is 92.9 Å². The van der Waals surface area contributed by atoms with Crippen LogP contribution >= 0.6 is 27.5 Å². The molecule has 1 N–H and O–H groups in total. The maximum atomic E-state index is 12.2. The average Bonchev–Trinajstić information content (AvgIpc) is 2.74. The van der Waals surface area contributed by atoms with E-state index < -0.39 is 0 Å². The normalized spacial score (nSPS) is 10.8. The van der Waals surface area contributed by atoms with Crippen molar-refractivity contribution in [2.45, 2.75) is 13.5 Å². The molecule has 3 rings (SSSR count). The smallest absolute Gasteiger partial charge is 0.271 e. The Morgan fingerprint density at radius 3 is 2.60 bits per heavy atom. The molecule has 0 aliphatic heterocycles. The van der Waals surface area contributed by atoms with Crippen molar-refractivity contribution < 1.29 is 14.3 Å². The van der Waals surface area contributed by atoms with Crippen LogP contribution in [0.15, 0.2) is 76.3 Å². The predicted octanol–water partition coefficient (Wildman–Crippen LogP) is 5.84. The van der Waals surface area contributed by atoms with Crippen molar-refractivity contribution in [2.24, 2.45) is 5.10 Å². The first-order valence-corrected chi connectivity index (χ1v) is 10.5. The molecule has 30 heavy (non-hydrogen) atoms. The monoisotopic (exact) mass is 486 g/mol. The third kappa shape index (κ3) is 6.34. The minimum Gasteiger partial charge on any atom is -0.490 e. The van der Waals surface area contributed by atoms with E-state index in [0.29, 0.717) is 35.3 Å². The fraction of sp³-hybridized carbons (Fsp3) is 0.130. The van der Waals surface area contributed by atoms with Gasteiger partial charge in [0.1, 0.15) is 6.61 Å². The van der Waals surface area contributed by atoms with E-state index in [-0.39, 0.29) is 5.91 Å².